The Morgan fingerprint density at radius 2 is 1.55 bits per heavy atom. The van der Waals surface area contributed by atoms with Gasteiger partial charge in [0.2, 0.25) is 0 Å². The molecule has 0 fully saturated rings. The van der Waals surface area contributed by atoms with Crippen molar-refractivity contribution in [1.29, 1.82) is 0 Å². The third-order valence-electron chi connectivity index (χ3n) is 0.756. The number of phenols is 1. The van der Waals surface area contributed by atoms with Gasteiger partial charge in [0, 0.05) is 0 Å². The van der Waals surface area contributed by atoms with Gasteiger partial charge in [-0.15, -0.1) is 0 Å². The molecule has 0 aromatic heterocycles. The van der Waals surface area contributed by atoms with Crippen LogP contribution in [-0.2, 0) is 4.57 Å². The molecule has 1 unspecified atom stereocenters. The van der Waals surface area contributed by atoms with Gasteiger partial charge in [-0.2, -0.15) is 13.5 Å². The lowest BCUT2D eigenvalue weighted by Gasteiger charge is -1.82. The first-order chi connectivity index (χ1) is 4.81. The largest absolute Gasteiger partial charge is 0.508 e. The van der Waals surface area contributed by atoms with Crippen molar-refractivity contribution < 1.29 is 14.6 Å². The minimum Gasteiger partial charge on any atom is -0.508 e. The molecule has 1 atom stereocenters. The van der Waals surface area contributed by atoms with Gasteiger partial charge in [-0.25, -0.2) is 0 Å². The highest BCUT2D eigenvalue weighted by Gasteiger charge is 1.74. The molecule has 2 N–H and O–H groups in total. The van der Waals surface area contributed by atoms with E-state index in [0.29, 0.717) is 5.75 Å². The Hall–Kier alpha value is -0.440. The summed E-state index contributed by atoms with van der Waals surface area (Å²) in [4.78, 5) is 7.10. The van der Waals surface area contributed by atoms with Crippen molar-refractivity contribution in [3.63, 3.8) is 0 Å². The van der Waals surface area contributed by atoms with Crippen LogP contribution in [0.3, 0.4) is 0 Å². The Morgan fingerprint density at radius 1 is 1.18 bits per heavy atom. The molecule has 64 valence electrons. The van der Waals surface area contributed by atoms with Gasteiger partial charge < -0.3 is 10.00 Å². The van der Waals surface area contributed by atoms with Crippen LogP contribution in [0.4, 0.5) is 0 Å². The summed E-state index contributed by atoms with van der Waals surface area (Å²) in [6, 6.07) is 8.71. The molecule has 1 rings (SSSR count). The summed E-state index contributed by atoms with van der Waals surface area (Å²) < 4.78 is 8.57. The van der Waals surface area contributed by atoms with E-state index in [-0.39, 0.29) is 13.5 Å². The molecule has 0 saturated carbocycles. The molecule has 3 nitrogen and oxygen atoms in total. The maximum atomic E-state index is 8.63. The van der Waals surface area contributed by atoms with E-state index in [1.807, 2.05) is 6.07 Å². The van der Waals surface area contributed by atoms with E-state index in [1.165, 1.54) is 0 Å². The predicted octanol–water partition coefficient (Wildman–Crippen LogP) is 1.15. The number of benzene rings is 1. The highest BCUT2D eigenvalue weighted by Crippen LogP contribution is 2.02. The maximum Gasteiger partial charge on any atom is 0.177 e. The standard InChI is InChI=1S/C6H6O.H3O2P.H2S/c7-6-4-2-1-3-5-6;1-3-2;/h1-5,7H;3H2,(H,1,2);1H2. The molecule has 1 aromatic rings. The summed E-state index contributed by atoms with van der Waals surface area (Å²) in [5, 5.41) is 8.63. The first-order valence-electron chi connectivity index (χ1n) is 2.63. The molecule has 11 heavy (non-hydrogen) atoms. The fraction of sp³-hybridized carbons (Fsp3) is 0. The Morgan fingerprint density at radius 3 is 1.73 bits per heavy atom. The second-order valence-electron chi connectivity index (χ2n) is 1.44. The molecule has 1 aromatic carbocycles. The van der Waals surface area contributed by atoms with Crippen LogP contribution >= 0.6 is 22.2 Å². The second kappa shape index (κ2) is 9.56. The normalized spacial score (nSPS) is 8.09. The summed E-state index contributed by atoms with van der Waals surface area (Å²) in [5.41, 5.74) is 0. The molecule has 0 heterocycles. The third-order valence-corrected chi connectivity index (χ3v) is 0.756. The third kappa shape index (κ3) is 9.56. The molecule has 0 bridgehead atoms. The van der Waals surface area contributed by atoms with Crippen LogP contribution < -0.4 is 0 Å². The fourth-order valence-electron chi connectivity index (χ4n) is 0.428. The minimum absolute atomic E-state index is 0. The highest BCUT2D eigenvalue weighted by molar-refractivity contribution is 7.59. The molecular weight excluding hydrogens is 183 g/mol. The van der Waals surface area contributed by atoms with Crippen LogP contribution in [0.1, 0.15) is 0 Å². The maximum absolute atomic E-state index is 8.63. The number of hydrogen-bond acceptors (Lipinski definition) is 2. The van der Waals surface area contributed by atoms with E-state index >= 15 is 0 Å². The van der Waals surface area contributed by atoms with E-state index in [4.69, 9.17) is 14.6 Å². The van der Waals surface area contributed by atoms with Gasteiger partial charge in [-0.05, 0) is 12.1 Å². The van der Waals surface area contributed by atoms with Gasteiger partial charge >= 0.3 is 0 Å². The van der Waals surface area contributed by atoms with Gasteiger partial charge in [0.05, 0.1) is 0 Å². The summed E-state index contributed by atoms with van der Waals surface area (Å²) in [6.07, 6.45) is 0. The molecule has 0 saturated heterocycles. The average Bonchev–Trinajstić information content (AvgIpc) is 1.91. The van der Waals surface area contributed by atoms with Gasteiger partial charge in [0.1, 0.15) is 5.75 Å². The van der Waals surface area contributed by atoms with Crippen molar-refractivity contribution in [2.45, 2.75) is 0 Å². The van der Waals surface area contributed by atoms with Gasteiger partial charge in [-0.3, -0.25) is 4.57 Å². The zero-order valence-corrected chi connectivity index (χ0v) is 7.92. The van der Waals surface area contributed by atoms with Crippen LogP contribution in [0, 0.1) is 0 Å². The topological polar surface area (TPSA) is 57.5 Å². The molecule has 0 radical (unpaired) electrons. The van der Waals surface area contributed by atoms with Crippen molar-refractivity contribution >= 4 is 22.2 Å². The lowest BCUT2D eigenvalue weighted by molar-refractivity contribution is 0.475. The lowest BCUT2D eigenvalue weighted by atomic mass is 10.3. The molecule has 0 aliphatic carbocycles. The van der Waals surface area contributed by atoms with Gasteiger partial charge in [0.25, 0.3) is 0 Å². The van der Waals surface area contributed by atoms with E-state index in [0.717, 1.165) is 0 Å². The molecule has 0 spiro atoms. The van der Waals surface area contributed by atoms with Gasteiger partial charge in [-0.1, -0.05) is 18.2 Å². The molecule has 0 aliphatic heterocycles. The van der Waals surface area contributed by atoms with Crippen molar-refractivity contribution in [1.82, 2.24) is 0 Å². The number of phenolic OH excluding ortho intramolecular Hbond substituents is 1. The van der Waals surface area contributed by atoms with E-state index in [9.17, 15) is 0 Å². The summed E-state index contributed by atoms with van der Waals surface area (Å²) in [5.74, 6) is 0.322. The molecular formula is C6H11O3PS. The quantitative estimate of drug-likeness (QED) is 0.609. The number of rotatable bonds is 0. The zero-order valence-electron chi connectivity index (χ0n) is 5.77. The Balaban J connectivity index is 0. The van der Waals surface area contributed by atoms with E-state index < -0.39 is 8.69 Å². The number of para-hydroxylation sites is 1. The second-order valence-corrected chi connectivity index (χ2v) is 1.65. The smallest absolute Gasteiger partial charge is 0.177 e. The monoisotopic (exact) mass is 194 g/mol. The Bertz CT molecular complexity index is 180. The molecule has 0 amide bonds. The summed E-state index contributed by atoms with van der Waals surface area (Å²) in [6.45, 7) is 0. The van der Waals surface area contributed by atoms with Crippen LogP contribution in [0.15, 0.2) is 30.3 Å². The van der Waals surface area contributed by atoms with Crippen LogP contribution in [0.2, 0.25) is 0 Å². The Kier molecular flexibility index (Phi) is 11.4. The van der Waals surface area contributed by atoms with Crippen LogP contribution in [0.5, 0.6) is 5.75 Å². The van der Waals surface area contributed by atoms with Crippen LogP contribution in [0.25, 0.3) is 0 Å². The first kappa shape index (κ1) is 13.2. The SMILES string of the molecule is O=[PH2]O.Oc1ccccc1.S. The summed E-state index contributed by atoms with van der Waals surface area (Å²) in [7, 11) is -1.50. The minimum atomic E-state index is -1.50. The van der Waals surface area contributed by atoms with Crippen molar-refractivity contribution in [3.05, 3.63) is 30.3 Å². The fourth-order valence-corrected chi connectivity index (χ4v) is 0.428. The number of aromatic hydroxyl groups is 1. The van der Waals surface area contributed by atoms with E-state index in [2.05, 4.69) is 0 Å². The molecule has 5 heteroatoms. The van der Waals surface area contributed by atoms with Gasteiger partial charge in [0.15, 0.2) is 8.69 Å². The first-order valence-corrected chi connectivity index (χ1v) is 3.62. The van der Waals surface area contributed by atoms with Crippen molar-refractivity contribution in [2.75, 3.05) is 0 Å². The predicted molar refractivity (Wildman–Crippen MR) is 51.1 cm³/mol. The zero-order chi connectivity index (χ0) is 7.82. The van der Waals surface area contributed by atoms with E-state index in [1.54, 1.807) is 24.3 Å². The highest BCUT2D eigenvalue weighted by atomic mass is 32.1. The van der Waals surface area contributed by atoms with Crippen LogP contribution in [-0.4, -0.2) is 10.00 Å². The number of hydrogen-bond donors (Lipinski definition) is 2. The average molecular weight is 194 g/mol. The summed E-state index contributed by atoms with van der Waals surface area (Å²) >= 11 is 0. The molecule has 0 aliphatic rings. The van der Waals surface area contributed by atoms with Crippen molar-refractivity contribution in [3.8, 4) is 5.75 Å². The lowest BCUT2D eigenvalue weighted by Crippen LogP contribution is -1.56. The van der Waals surface area contributed by atoms with Crippen molar-refractivity contribution in [2.24, 2.45) is 0 Å². The Labute approximate surface area is 73.4 Å².